The van der Waals surface area contributed by atoms with Gasteiger partial charge < -0.3 is 10.0 Å². The maximum absolute atomic E-state index is 12.2. The highest BCUT2D eigenvalue weighted by Gasteiger charge is 2.37. The highest BCUT2D eigenvalue weighted by atomic mass is 32.2. The van der Waals surface area contributed by atoms with Crippen LogP contribution in [-0.4, -0.2) is 55.7 Å². The van der Waals surface area contributed by atoms with Crippen LogP contribution in [0.2, 0.25) is 0 Å². The van der Waals surface area contributed by atoms with Crippen molar-refractivity contribution in [2.45, 2.75) is 39.8 Å². The molecule has 0 heterocycles. The minimum absolute atomic E-state index is 0.576. The average Bonchev–Trinajstić information content (AvgIpc) is 2.20. The molecule has 0 aromatic rings. The van der Waals surface area contributed by atoms with E-state index in [1.807, 2.05) is 0 Å². The smallest absolute Gasteiger partial charge is 0.326 e. The van der Waals surface area contributed by atoms with Crippen LogP contribution >= 0.6 is 0 Å². The predicted molar refractivity (Wildman–Crippen MR) is 71.1 cm³/mol. The van der Waals surface area contributed by atoms with Crippen molar-refractivity contribution in [3.63, 3.8) is 0 Å². The van der Waals surface area contributed by atoms with E-state index in [4.69, 9.17) is 5.11 Å². The Morgan fingerprint density at radius 1 is 1.26 bits per heavy atom. The first kappa shape index (κ1) is 17.8. The number of amides is 1. The summed E-state index contributed by atoms with van der Waals surface area (Å²) in [7, 11) is -2.24. The molecule has 0 bridgehead atoms. The van der Waals surface area contributed by atoms with E-state index in [-0.39, 0.29) is 0 Å². The van der Waals surface area contributed by atoms with Gasteiger partial charge in [0.15, 0.2) is 0 Å². The molecule has 2 N–H and O–H groups in total. The number of sulfonamides is 1. The topological polar surface area (TPSA) is 104 Å². The Labute approximate surface area is 114 Å². The van der Waals surface area contributed by atoms with Gasteiger partial charge in [-0.15, -0.1) is 0 Å². The van der Waals surface area contributed by atoms with Crippen LogP contribution in [0.3, 0.4) is 0 Å². The normalized spacial score (nSPS) is 15.7. The van der Waals surface area contributed by atoms with Gasteiger partial charge in [-0.25, -0.2) is 17.9 Å². The predicted octanol–water partition coefficient (Wildman–Crippen LogP) is -0.118. The second kappa shape index (κ2) is 5.87. The molecule has 0 rings (SSSR count). The molecular weight excluding hydrogens is 272 g/mol. The van der Waals surface area contributed by atoms with Crippen molar-refractivity contribution < 1.29 is 23.1 Å². The second-order valence-electron chi connectivity index (χ2n) is 5.65. The summed E-state index contributed by atoms with van der Waals surface area (Å²) in [6.45, 7) is 6.47. The van der Waals surface area contributed by atoms with Crippen LogP contribution in [0, 0.1) is 5.41 Å². The molecule has 0 aromatic carbocycles. The molecular formula is C11H22N2O5S. The molecule has 19 heavy (non-hydrogen) atoms. The summed E-state index contributed by atoms with van der Waals surface area (Å²) in [6, 6.07) is -2.05. The molecule has 2 atom stereocenters. The van der Waals surface area contributed by atoms with Crippen molar-refractivity contribution in [1.82, 2.24) is 9.62 Å². The number of nitrogens with zero attached hydrogens (tertiary/aromatic N) is 1. The third-order valence-electron chi connectivity index (χ3n) is 2.73. The van der Waals surface area contributed by atoms with Gasteiger partial charge in [0.1, 0.15) is 12.1 Å². The number of nitrogens with one attached hydrogen (secondary N) is 1. The molecule has 2 unspecified atom stereocenters. The summed E-state index contributed by atoms with van der Waals surface area (Å²) in [6.07, 6.45) is 0.958. The molecule has 0 saturated carbocycles. The van der Waals surface area contributed by atoms with Crippen molar-refractivity contribution in [1.29, 1.82) is 0 Å². The van der Waals surface area contributed by atoms with Crippen molar-refractivity contribution in [2.75, 3.05) is 13.3 Å². The highest BCUT2D eigenvalue weighted by Crippen LogP contribution is 2.22. The lowest BCUT2D eigenvalue weighted by atomic mass is 9.86. The van der Waals surface area contributed by atoms with Gasteiger partial charge >= 0.3 is 5.97 Å². The van der Waals surface area contributed by atoms with Gasteiger partial charge in [0.25, 0.3) is 0 Å². The SMILES string of the molecule is CC(C(=O)O)N(C)C(=O)C(NS(C)(=O)=O)C(C)(C)C. The average molecular weight is 294 g/mol. The van der Waals surface area contributed by atoms with E-state index in [0.717, 1.165) is 11.2 Å². The van der Waals surface area contributed by atoms with E-state index in [2.05, 4.69) is 4.72 Å². The number of carboxylic acids is 1. The molecule has 112 valence electrons. The van der Waals surface area contributed by atoms with Gasteiger partial charge in [0, 0.05) is 7.05 Å². The van der Waals surface area contributed by atoms with Crippen LogP contribution in [-0.2, 0) is 19.6 Å². The number of hydrogen-bond acceptors (Lipinski definition) is 4. The first-order chi connectivity index (χ1) is 8.27. The molecule has 0 aliphatic rings. The maximum Gasteiger partial charge on any atom is 0.326 e. The Bertz CT molecular complexity index is 452. The molecule has 1 amide bonds. The Morgan fingerprint density at radius 2 is 1.68 bits per heavy atom. The van der Waals surface area contributed by atoms with E-state index in [0.29, 0.717) is 0 Å². The zero-order valence-electron chi connectivity index (χ0n) is 12.1. The van der Waals surface area contributed by atoms with Gasteiger partial charge in [0.05, 0.1) is 6.26 Å². The molecule has 0 saturated heterocycles. The molecule has 0 aromatic heterocycles. The lowest BCUT2D eigenvalue weighted by Crippen LogP contribution is -2.56. The van der Waals surface area contributed by atoms with Gasteiger partial charge in [0.2, 0.25) is 15.9 Å². The number of carbonyl (C=O) groups excluding carboxylic acids is 1. The summed E-state index contributed by atoms with van der Waals surface area (Å²) in [5.74, 6) is -1.73. The van der Waals surface area contributed by atoms with Crippen LogP contribution in [0.25, 0.3) is 0 Å². The van der Waals surface area contributed by atoms with Crippen LogP contribution < -0.4 is 4.72 Å². The molecule has 0 fully saturated rings. The zero-order chi connectivity index (χ0) is 15.6. The fourth-order valence-electron chi connectivity index (χ4n) is 1.37. The number of rotatable bonds is 5. The fraction of sp³-hybridized carbons (Fsp3) is 0.818. The van der Waals surface area contributed by atoms with Crippen LogP contribution in [0.4, 0.5) is 0 Å². The minimum atomic E-state index is -3.58. The summed E-state index contributed by atoms with van der Waals surface area (Å²) in [5.41, 5.74) is -0.674. The highest BCUT2D eigenvalue weighted by molar-refractivity contribution is 7.88. The van der Waals surface area contributed by atoms with Crippen molar-refractivity contribution in [3.8, 4) is 0 Å². The maximum atomic E-state index is 12.2. The molecule has 0 aliphatic carbocycles. The molecule has 0 spiro atoms. The summed E-state index contributed by atoms with van der Waals surface area (Å²) in [5, 5.41) is 8.89. The van der Waals surface area contributed by atoms with E-state index in [1.54, 1.807) is 20.8 Å². The molecule has 0 radical (unpaired) electrons. The Hall–Kier alpha value is -1.15. The van der Waals surface area contributed by atoms with Crippen LogP contribution in [0.15, 0.2) is 0 Å². The first-order valence-electron chi connectivity index (χ1n) is 5.74. The van der Waals surface area contributed by atoms with Gasteiger partial charge in [-0.05, 0) is 12.3 Å². The lowest BCUT2D eigenvalue weighted by Gasteiger charge is -2.34. The van der Waals surface area contributed by atoms with Crippen molar-refractivity contribution >= 4 is 21.9 Å². The standard InChI is InChI=1S/C11H22N2O5S/c1-7(10(15)16)13(5)9(14)8(11(2,3)4)12-19(6,17)18/h7-8,12H,1-6H3,(H,15,16). The first-order valence-corrected chi connectivity index (χ1v) is 7.63. The zero-order valence-corrected chi connectivity index (χ0v) is 12.9. The minimum Gasteiger partial charge on any atom is -0.480 e. The number of hydrogen-bond donors (Lipinski definition) is 2. The summed E-state index contributed by atoms with van der Waals surface area (Å²) in [4.78, 5) is 24.1. The second-order valence-corrected chi connectivity index (χ2v) is 7.43. The molecule has 0 aliphatic heterocycles. The third kappa shape index (κ3) is 5.56. The number of carbonyl (C=O) groups is 2. The summed E-state index contributed by atoms with van der Waals surface area (Å²) >= 11 is 0. The third-order valence-corrected chi connectivity index (χ3v) is 3.39. The molecule has 7 nitrogen and oxygen atoms in total. The summed E-state index contributed by atoms with van der Waals surface area (Å²) < 4.78 is 24.9. The number of aliphatic carboxylic acids is 1. The largest absolute Gasteiger partial charge is 0.480 e. The van der Waals surface area contributed by atoms with Crippen LogP contribution in [0.5, 0.6) is 0 Å². The van der Waals surface area contributed by atoms with E-state index < -0.39 is 39.4 Å². The van der Waals surface area contributed by atoms with E-state index in [9.17, 15) is 18.0 Å². The Kier molecular flexibility index (Phi) is 5.52. The van der Waals surface area contributed by atoms with E-state index >= 15 is 0 Å². The van der Waals surface area contributed by atoms with E-state index in [1.165, 1.54) is 14.0 Å². The van der Waals surface area contributed by atoms with Gasteiger partial charge in [-0.3, -0.25) is 4.79 Å². The Balaban J connectivity index is 5.30. The van der Waals surface area contributed by atoms with Gasteiger partial charge in [-0.2, -0.15) is 0 Å². The Morgan fingerprint density at radius 3 is 1.95 bits per heavy atom. The van der Waals surface area contributed by atoms with Gasteiger partial charge in [-0.1, -0.05) is 20.8 Å². The quantitative estimate of drug-likeness (QED) is 0.736. The van der Waals surface area contributed by atoms with Crippen LogP contribution in [0.1, 0.15) is 27.7 Å². The molecule has 8 heteroatoms. The van der Waals surface area contributed by atoms with Crippen molar-refractivity contribution in [3.05, 3.63) is 0 Å². The van der Waals surface area contributed by atoms with Crippen molar-refractivity contribution in [2.24, 2.45) is 5.41 Å². The number of likely N-dealkylation sites (N-methyl/N-ethyl adjacent to an activating group) is 1. The lowest BCUT2D eigenvalue weighted by molar-refractivity contribution is -0.149. The number of carboxylic acid groups (broad SMARTS) is 1. The fourth-order valence-corrected chi connectivity index (χ4v) is 2.25. The monoisotopic (exact) mass is 294 g/mol.